The van der Waals surface area contributed by atoms with Gasteiger partial charge in [0, 0.05) is 0 Å². The van der Waals surface area contributed by atoms with Crippen molar-refractivity contribution in [2.45, 2.75) is 52.6 Å². The minimum atomic E-state index is -0.515. The molecule has 0 amide bonds. The van der Waals surface area contributed by atoms with Crippen LogP contribution in [-0.4, -0.2) is 29.6 Å². The van der Waals surface area contributed by atoms with Crippen LogP contribution >= 0.6 is 0 Å². The van der Waals surface area contributed by atoms with Crippen LogP contribution in [0.15, 0.2) is 18.2 Å². The Kier molecular flexibility index (Phi) is 7.43. The molecule has 0 aliphatic rings. The summed E-state index contributed by atoms with van der Waals surface area (Å²) < 4.78 is 10.3. The molecule has 1 heterocycles. The molecule has 0 bridgehead atoms. The molecular weight excluding hydrogens is 270 g/mol. The highest BCUT2D eigenvalue weighted by Gasteiger charge is 2.16. The van der Waals surface area contributed by atoms with Gasteiger partial charge in [-0.25, -0.2) is 14.6 Å². The molecule has 0 aromatic carbocycles. The summed E-state index contributed by atoms with van der Waals surface area (Å²) in [5, 5.41) is 0. The lowest BCUT2D eigenvalue weighted by Gasteiger charge is -2.11. The van der Waals surface area contributed by atoms with Crippen molar-refractivity contribution >= 4 is 11.9 Å². The summed E-state index contributed by atoms with van der Waals surface area (Å²) in [5.41, 5.74) is 0.256. The van der Waals surface area contributed by atoms with Crippen molar-refractivity contribution in [1.82, 2.24) is 4.98 Å². The first-order valence-electron chi connectivity index (χ1n) is 7.43. The number of ether oxygens (including phenoxy) is 2. The number of unbranched alkanes of at least 4 members (excludes halogenated alkanes) is 1. The molecular formula is C16H23NO4. The molecule has 0 spiro atoms. The number of esters is 2. The lowest BCUT2D eigenvalue weighted by atomic mass is 10.2. The van der Waals surface area contributed by atoms with E-state index < -0.39 is 11.9 Å². The number of carbonyl (C=O) groups excluding carboxylic acids is 2. The summed E-state index contributed by atoms with van der Waals surface area (Å²) in [6.45, 7) is 6.24. The first kappa shape index (κ1) is 17.1. The van der Waals surface area contributed by atoms with E-state index in [1.807, 2.05) is 20.8 Å². The fourth-order valence-electron chi connectivity index (χ4n) is 1.75. The molecule has 5 nitrogen and oxygen atoms in total. The molecule has 1 unspecified atom stereocenters. The van der Waals surface area contributed by atoms with Gasteiger partial charge >= 0.3 is 11.9 Å². The average molecular weight is 293 g/mol. The molecule has 0 N–H and O–H groups in total. The van der Waals surface area contributed by atoms with Crippen molar-refractivity contribution in [1.29, 1.82) is 0 Å². The molecule has 21 heavy (non-hydrogen) atoms. The van der Waals surface area contributed by atoms with Crippen molar-refractivity contribution < 1.29 is 19.1 Å². The van der Waals surface area contributed by atoms with Crippen molar-refractivity contribution in [3.8, 4) is 0 Å². The average Bonchev–Trinajstić information content (AvgIpc) is 2.47. The number of nitrogens with zero attached hydrogens (tertiary/aromatic N) is 1. The van der Waals surface area contributed by atoms with Gasteiger partial charge in [-0.05, 0) is 31.9 Å². The Hall–Kier alpha value is -1.91. The number of hydrogen-bond donors (Lipinski definition) is 0. The van der Waals surface area contributed by atoms with Gasteiger partial charge < -0.3 is 9.47 Å². The normalized spacial score (nSPS) is 11.8. The van der Waals surface area contributed by atoms with Crippen LogP contribution < -0.4 is 0 Å². The van der Waals surface area contributed by atoms with Crippen molar-refractivity contribution in [2.75, 3.05) is 6.61 Å². The van der Waals surface area contributed by atoms with Gasteiger partial charge in [0.25, 0.3) is 0 Å². The Balaban J connectivity index is 2.66. The number of aromatic nitrogens is 1. The smallest absolute Gasteiger partial charge is 0.357 e. The van der Waals surface area contributed by atoms with Crippen LogP contribution in [0, 0.1) is 0 Å². The van der Waals surface area contributed by atoms with Crippen molar-refractivity contribution in [3.63, 3.8) is 0 Å². The molecule has 0 saturated heterocycles. The number of carbonyl (C=O) groups is 2. The van der Waals surface area contributed by atoms with Crippen LogP contribution in [-0.2, 0) is 9.47 Å². The molecule has 0 saturated carbocycles. The zero-order valence-corrected chi connectivity index (χ0v) is 12.9. The number of pyridine rings is 1. The van der Waals surface area contributed by atoms with E-state index in [1.54, 1.807) is 6.07 Å². The van der Waals surface area contributed by atoms with Crippen molar-refractivity contribution in [3.05, 3.63) is 29.6 Å². The fraction of sp³-hybridized carbons (Fsp3) is 0.562. The third-order valence-electron chi connectivity index (χ3n) is 2.90. The zero-order valence-electron chi connectivity index (χ0n) is 12.9. The lowest BCUT2D eigenvalue weighted by molar-refractivity contribution is 0.0316. The maximum atomic E-state index is 11.9. The van der Waals surface area contributed by atoms with Gasteiger partial charge in [-0.1, -0.05) is 32.8 Å². The van der Waals surface area contributed by atoms with Crippen LogP contribution in [0.4, 0.5) is 0 Å². The summed E-state index contributed by atoms with van der Waals surface area (Å²) >= 11 is 0. The molecule has 0 aliphatic carbocycles. The molecule has 1 aromatic heterocycles. The fourth-order valence-corrected chi connectivity index (χ4v) is 1.75. The second-order valence-electron chi connectivity index (χ2n) is 4.90. The monoisotopic (exact) mass is 293 g/mol. The van der Waals surface area contributed by atoms with Gasteiger partial charge in [0.2, 0.25) is 0 Å². The topological polar surface area (TPSA) is 65.5 Å². The number of rotatable bonds is 8. The summed E-state index contributed by atoms with van der Waals surface area (Å²) in [5.74, 6) is -1.03. The first-order valence-corrected chi connectivity index (χ1v) is 7.43. The van der Waals surface area contributed by atoms with Crippen LogP contribution in [0.25, 0.3) is 0 Å². The molecule has 5 heteroatoms. The maximum absolute atomic E-state index is 11.9. The summed E-state index contributed by atoms with van der Waals surface area (Å²) in [6.07, 6.45) is 3.32. The predicted molar refractivity (Wildman–Crippen MR) is 79.2 cm³/mol. The first-order chi connectivity index (χ1) is 10.1. The minimum absolute atomic E-state index is 0.128. The zero-order chi connectivity index (χ0) is 15.7. The maximum Gasteiger partial charge on any atom is 0.357 e. The molecule has 1 rings (SSSR count). The molecule has 0 fully saturated rings. The Morgan fingerprint density at radius 2 is 1.81 bits per heavy atom. The summed E-state index contributed by atoms with van der Waals surface area (Å²) in [7, 11) is 0. The molecule has 1 atom stereocenters. The van der Waals surface area contributed by atoms with E-state index in [4.69, 9.17) is 9.47 Å². The van der Waals surface area contributed by atoms with E-state index in [0.29, 0.717) is 6.61 Å². The van der Waals surface area contributed by atoms with E-state index in [2.05, 4.69) is 4.98 Å². The van der Waals surface area contributed by atoms with Gasteiger partial charge in [-0.3, -0.25) is 0 Å². The van der Waals surface area contributed by atoms with E-state index >= 15 is 0 Å². The van der Waals surface area contributed by atoms with E-state index in [9.17, 15) is 9.59 Å². The van der Waals surface area contributed by atoms with Crippen LogP contribution in [0.1, 0.15) is 67.4 Å². The highest BCUT2D eigenvalue weighted by molar-refractivity contribution is 5.91. The quantitative estimate of drug-likeness (QED) is 0.543. The Labute approximate surface area is 125 Å². The van der Waals surface area contributed by atoms with Gasteiger partial charge in [0.05, 0.1) is 12.7 Å². The van der Waals surface area contributed by atoms with Gasteiger partial charge in [-0.2, -0.15) is 0 Å². The van der Waals surface area contributed by atoms with E-state index in [-0.39, 0.29) is 17.5 Å². The predicted octanol–water partition coefficient (Wildman–Crippen LogP) is 3.38. The third kappa shape index (κ3) is 5.94. The highest BCUT2D eigenvalue weighted by atomic mass is 16.5. The third-order valence-corrected chi connectivity index (χ3v) is 2.90. The Bertz CT molecular complexity index is 473. The standard InChI is InChI=1S/C16H23NO4/c1-4-6-11-20-15(18)13-9-7-10-14(17-13)16(19)21-12(3)8-5-2/h7,9-10,12H,4-6,8,11H2,1-3H3. The Morgan fingerprint density at radius 1 is 1.14 bits per heavy atom. The van der Waals surface area contributed by atoms with E-state index in [1.165, 1.54) is 12.1 Å². The minimum Gasteiger partial charge on any atom is -0.461 e. The van der Waals surface area contributed by atoms with E-state index in [0.717, 1.165) is 25.7 Å². The highest BCUT2D eigenvalue weighted by Crippen LogP contribution is 2.08. The molecule has 0 radical (unpaired) electrons. The lowest BCUT2D eigenvalue weighted by Crippen LogP contribution is -2.17. The molecule has 116 valence electrons. The summed E-state index contributed by atoms with van der Waals surface area (Å²) in [6, 6.07) is 4.66. The molecule has 1 aromatic rings. The summed E-state index contributed by atoms with van der Waals surface area (Å²) in [4.78, 5) is 27.7. The van der Waals surface area contributed by atoms with Crippen LogP contribution in [0.3, 0.4) is 0 Å². The number of hydrogen-bond acceptors (Lipinski definition) is 5. The SMILES string of the molecule is CCCCOC(=O)c1cccc(C(=O)OC(C)CCC)n1. The van der Waals surface area contributed by atoms with Crippen LogP contribution in [0.2, 0.25) is 0 Å². The largest absolute Gasteiger partial charge is 0.461 e. The molecule has 0 aliphatic heterocycles. The van der Waals surface area contributed by atoms with Gasteiger partial charge in [0.1, 0.15) is 11.4 Å². The second kappa shape index (κ2) is 9.10. The van der Waals surface area contributed by atoms with Crippen LogP contribution in [0.5, 0.6) is 0 Å². The van der Waals surface area contributed by atoms with Crippen molar-refractivity contribution in [2.24, 2.45) is 0 Å². The Morgan fingerprint density at radius 3 is 2.43 bits per heavy atom. The van der Waals surface area contributed by atoms with Gasteiger partial charge in [0.15, 0.2) is 0 Å². The second-order valence-corrected chi connectivity index (χ2v) is 4.90. The van der Waals surface area contributed by atoms with Gasteiger partial charge in [-0.15, -0.1) is 0 Å².